The maximum absolute atomic E-state index is 13.0. The predicted molar refractivity (Wildman–Crippen MR) is 115 cm³/mol. The number of rotatable bonds is 8. The molecule has 0 aliphatic rings. The van der Waals surface area contributed by atoms with E-state index in [0.717, 1.165) is 28.9 Å². The highest BCUT2D eigenvalue weighted by molar-refractivity contribution is 8.07. The number of nitrogens with zero attached hydrogens (tertiary/aromatic N) is 2. The first-order valence-electron chi connectivity index (χ1n) is 8.52. The van der Waals surface area contributed by atoms with E-state index >= 15 is 0 Å². The van der Waals surface area contributed by atoms with Gasteiger partial charge in [-0.15, -0.1) is 3.71 Å². The van der Waals surface area contributed by atoms with Gasteiger partial charge in [-0.05, 0) is 57.0 Å². The first-order chi connectivity index (χ1) is 12.7. The van der Waals surface area contributed by atoms with Crippen LogP contribution in [0.1, 0.15) is 25.0 Å². The summed E-state index contributed by atoms with van der Waals surface area (Å²) in [5.41, 5.74) is 2.48. The molecule has 0 saturated heterocycles. The van der Waals surface area contributed by atoms with Crippen LogP contribution >= 0.6 is 23.7 Å². The van der Waals surface area contributed by atoms with Gasteiger partial charge < -0.3 is 0 Å². The smallest absolute Gasteiger partial charge is 0.253 e. The summed E-state index contributed by atoms with van der Waals surface area (Å²) >= 11 is 7.14. The topological polar surface area (TPSA) is 61.8 Å². The number of nitrogens with one attached hydrogen (secondary N) is 1. The number of hydrogen-bond donors (Lipinski definition) is 1. The van der Waals surface area contributed by atoms with Gasteiger partial charge >= 0.3 is 0 Å². The van der Waals surface area contributed by atoms with E-state index < -0.39 is 10.0 Å². The van der Waals surface area contributed by atoms with Gasteiger partial charge in [0.2, 0.25) is 0 Å². The molecule has 0 fully saturated rings. The average molecular weight is 426 g/mol. The van der Waals surface area contributed by atoms with Crippen LogP contribution < -0.4 is 4.72 Å². The second kappa shape index (κ2) is 9.71. The zero-order chi connectivity index (χ0) is 20.0. The fraction of sp³-hybridized carbons (Fsp3) is 0.316. The molecular weight excluding hydrogens is 402 g/mol. The Morgan fingerprint density at radius 3 is 2.52 bits per heavy atom. The van der Waals surface area contributed by atoms with Crippen molar-refractivity contribution in [1.82, 2.24) is 8.43 Å². The molecular formula is C19H24ClN3O2S2. The van der Waals surface area contributed by atoms with Crippen molar-refractivity contribution in [2.75, 3.05) is 6.54 Å². The van der Waals surface area contributed by atoms with Crippen LogP contribution in [0.2, 0.25) is 5.02 Å². The Bertz CT molecular complexity index is 915. The van der Waals surface area contributed by atoms with Crippen molar-refractivity contribution in [3.8, 4) is 0 Å². The molecule has 0 aliphatic heterocycles. The largest absolute Gasteiger partial charge is 0.260 e. The predicted octanol–water partition coefficient (Wildman–Crippen LogP) is 4.91. The molecule has 2 aromatic rings. The Balaban J connectivity index is 2.01. The lowest BCUT2D eigenvalue weighted by atomic mass is 10.2. The van der Waals surface area contributed by atoms with Gasteiger partial charge in [-0.25, -0.2) is 13.1 Å². The third-order valence-corrected chi connectivity index (χ3v) is 7.78. The number of aryl methyl sites for hydroxylation is 2. The standard InChI is InChI=1S/C19H24ClN3O2S2/c1-14(2)23(27(24,25)19-8-6-5-7-16(19)4)26-22-12-11-21-17-10-9-15(3)18(20)13-17/h5-11,13-14,22H,12H2,1-4H3. The molecule has 0 aliphatic carbocycles. The summed E-state index contributed by atoms with van der Waals surface area (Å²) in [6, 6.07) is 12.4. The van der Waals surface area contributed by atoms with Crippen LogP contribution in [0, 0.1) is 13.8 Å². The van der Waals surface area contributed by atoms with E-state index in [1.165, 1.54) is 3.71 Å². The zero-order valence-corrected chi connectivity index (χ0v) is 18.2. The normalized spacial score (nSPS) is 12.4. The minimum atomic E-state index is -3.61. The van der Waals surface area contributed by atoms with Crippen molar-refractivity contribution in [2.24, 2.45) is 4.99 Å². The average Bonchev–Trinajstić information content (AvgIpc) is 2.60. The third kappa shape index (κ3) is 5.80. The van der Waals surface area contributed by atoms with Crippen LogP contribution in [0.25, 0.3) is 0 Å². The highest BCUT2D eigenvalue weighted by atomic mass is 35.5. The molecule has 27 heavy (non-hydrogen) atoms. The van der Waals surface area contributed by atoms with Crippen molar-refractivity contribution >= 4 is 45.7 Å². The van der Waals surface area contributed by atoms with E-state index in [1.54, 1.807) is 37.4 Å². The molecule has 0 spiro atoms. The molecule has 0 amide bonds. The Kier molecular flexibility index (Phi) is 7.88. The van der Waals surface area contributed by atoms with Crippen molar-refractivity contribution in [3.05, 3.63) is 58.6 Å². The van der Waals surface area contributed by atoms with Crippen LogP contribution in [-0.4, -0.2) is 30.9 Å². The lowest BCUT2D eigenvalue weighted by Gasteiger charge is -2.24. The summed E-state index contributed by atoms with van der Waals surface area (Å²) in [6.45, 7) is 7.81. The lowest BCUT2D eigenvalue weighted by molar-refractivity contribution is 0.499. The molecule has 0 unspecified atom stereocenters. The fourth-order valence-corrected chi connectivity index (χ4v) is 5.25. The van der Waals surface area contributed by atoms with Crippen LogP contribution in [0.4, 0.5) is 5.69 Å². The van der Waals surface area contributed by atoms with E-state index in [2.05, 4.69) is 9.71 Å². The van der Waals surface area contributed by atoms with Crippen molar-refractivity contribution in [2.45, 2.75) is 38.6 Å². The molecule has 8 heteroatoms. The van der Waals surface area contributed by atoms with Gasteiger partial charge in [0, 0.05) is 36.0 Å². The van der Waals surface area contributed by atoms with Gasteiger partial charge in [0.15, 0.2) is 0 Å². The Morgan fingerprint density at radius 1 is 1.19 bits per heavy atom. The Morgan fingerprint density at radius 2 is 1.89 bits per heavy atom. The van der Waals surface area contributed by atoms with Gasteiger partial charge in [-0.2, -0.15) is 0 Å². The monoisotopic (exact) mass is 425 g/mol. The van der Waals surface area contributed by atoms with Gasteiger partial charge in [0.25, 0.3) is 10.0 Å². The minimum Gasteiger partial charge on any atom is -0.260 e. The van der Waals surface area contributed by atoms with Crippen LogP contribution in [0.5, 0.6) is 0 Å². The van der Waals surface area contributed by atoms with Crippen LogP contribution in [-0.2, 0) is 10.0 Å². The van der Waals surface area contributed by atoms with Gasteiger partial charge in [-0.3, -0.25) is 4.99 Å². The molecule has 146 valence electrons. The first kappa shape index (κ1) is 21.9. The summed E-state index contributed by atoms with van der Waals surface area (Å²) in [6.07, 6.45) is 1.69. The zero-order valence-electron chi connectivity index (χ0n) is 15.8. The molecule has 0 radical (unpaired) electrons. The van der Waals surface area contributed by atoms with E-state index in [4.69, 9.17) is 11.6 Å². The van der Waals surface area contributed by atoms with Crippen LogP contribution in [0.3, 0.4) is 0 Å². The molecule has 5 nitrogen and oxygen atoms in total. The molecule has 0 atom stereocenters. The number of aliphatic imine (C=N–C) groups is 1. The molecule has 0 saturated carbocycles. The summed E-state index contributed by atoms with van der Waals surface area (Å²) < 4.78 is 30.3. The quantitative estimate of drug-likeness (QED) is 0.370. The Labute approximate surface area is 171 Å². The summed E-state index contributed by atoms with van der Waals surface area (Å²) in [4.78, 5) is 4.65. The Hall–Kier alpha value is -1.38. The summed E-state index contributed by atoms with van der Waals surface area (Å²) in [5.74, 6) is 0. The van der Waals surface area contributed by atoms with Crippen LogP contribution in [0.15, 0.2) is 52.4 Å². The molecule has 2 aromatic carbocycles. The summed E-state index contributed by atoms with van der Waals surface area (Å²) in [5, 5.41) is 0.669. The number of halogens is 1. The van der Waals surface area contributed by atoms with Gasteiger partial charge in [0.05, 0.1) is 10.6 Å². The molecule has 2 rings (SSSR count). The number of hydrogen-bond acceptors (Lipinski definition) is 5. The van der Waals surface area contributed by atoms with Gasteiger partial charge in [0.1, 0.15) is 0 Å². The number of benzene rings is 2. The second-order valence-corrected chi connectivity index (χ2v) is 9.59. The maximum atomic E-state index is 13.0. The van der Waals surface area contributed by atoms with E-state index in [9.17, 15) is 8.42 Å². The molecule has 0 aromatic heterocycles. The lowest BCUT2D eigenvalue weighted by Crippen LogP contribution is -2.34. The highest BCUT2D eigenvalue weighted by Gasteiger charge is 2.29. The van der Waals surface area contributed by atoms with Crippen molar-refractivity contribution in [1.29, 1.82) is 0 Å². The van der Waals surface area contributed by atoms with E-state index in [0.29, 0.717) is 16.5 Å². The van der Waals surface area contributed by atoms with E-state index in [1.807, 2.05) is 39.0 Å². The third-order valence-electron chi connectivity index (χ3n) is 3.75. The molecule has 0 heterocycles. The van der Waals surface area contributed by atoms with E-state index in [-0.39, 0.29) is 6.04 Å². The van der Waals surface area contributed by atoms with Gasteiger partial charge in [-0.1, -0.05) is 35.9 Å². The molecule has 0 bridgehead atoms. The second-order valence-electron chi connectivity index (χ2n) is 6.30. The molecule has 1 N–H and O–H groups in total. The SMILES string of the molecule is Cc1ccc(N=CCNSN(C(C)C)S(=O)(=O)c2ccccc2C)cc1Cl. The fourth-order valence-electron chi connectivity index (χ4n) is 2.33. The highest BCUT2D eigenvalue weighted by Crippen LogP contribution is 2.26. The first-order valence-corrected chi connectivity index (χ1v) is 11.1. The number of sulfonamides is 1. The van der Waals surface area contributed by atoms with Crippen molar-refractivity contribution < 1.29 is 8.42 Å². The minimum absolute atomic E-state index is 0.208. The summed E-state index contributed by atoms with van der Waals surface area (Å²) in [7, 11) is -3.61. The van der Waals surface area contributed by atoms with Crippen molar-refractivity contribution in [3.63, 3.8) is 0 Å². The maximum Gasteiger partial charge on any atom is 0.253 e.